The zero-order valence-electron chi connectivity index (χ0n) is 14.0. The molecule has 2 heteroatoms. The van der Waals surface area contributed by atoms with Gasteiger partial charge in [0.05, 0.1) is 6.61 Å². The summed E-state index contributed by atoms with van der Waals surface area (Å²) in [6.07, 6.45) is 1.43. The molecule has 0 fully saturated rings. The van der Waals surface area contributed by atoms with Crippen molar-refractivity contribution >= 4 is 6.29 Å². The summed E-state index contributed by atoms with van der Waals surface area (Å²) < 4.78 is 5.36. The lowest BCUT2D eigenvalue weighted by molar-refractivity contribution is -0.107. The minimum absolute atomic E-state index is 0.0345. The fraction of sp³-hybridized carbons (Fsp3) is 0.611. The molecule has 0 aliphatic rings. The Hall–Kier alpha value is -1.15. The number of hydrogen-bond donors (Lipinski definition) is 0. The van der Waals surface area contributed by atoms with Crippen LogP contribution in [0.4, 0.5) is 0 Å². The Bertz CT molecular complexity index is 473. The lowest BCUT2D eigenvalue weighted by atomic mass is 9.76. The van der Waals surface area contributed by atoms with E-state index in [0.29, 0.717) is 13.0 Å². The second-order valence-corrected chi connectivity index (χ2v) is 7.47. The van der Waals surface area contributed by atoms with Crippen molar-refractivity contribution in [2.45, 2.75) is 65.4 Å². The van der Waals surface area contributed by atoms with E-state index in [1.807, 2.05) is 0 Å². The minimum Gasteiger partial charge on any atom is -0.380 e. The third-order valence-corrected chi connectivity index (χ3v) is 3.61. The van der Waals surface area contributed by atoms with E-state index in [2.05, 4.69) is 53.7 Å². The van der Waals surface area contributed by atoms with E-state index >= 15 is 0 Å². The monoisotopic (exact) mass is 276 g/mol. The summed E-state index contributed by atoms with van der Waals surface area (Å²) in [4.78, 5) is 11.0. The number of rotatable bonds is 4. The minimum atomic E-state index is 0.0345. The van der Waals surface area contributed by atoms with Crippen molar-refractivity contribution in [3.63, 3.8) is 0 Å². The zero-order valence-corrected chi connectivity index (χ0v) is 14.0. The first-order valence-corrected chi connectivity index (χ1v) is 7.20. The van der Waals surface area contributed by atoms with E-state index in [1.165, 1.54) is 16.7 Å². The summed E-state index contributed by atoms with van der Waals surface area (Å²) >= 11 is 0. The van der Waals surface area contributed by atoms with E-state index in [0.717, 1.165) is 11.8 Å². The van der Waals surface area contributed by atoms with Crippen molar-refractivity contribution in [3.8, 4) is 0 Å². The Kier molecular flexibility index (Phi) is 5.15. The fourth-order valence-electron chi connectivity index (χ4n) is 2.42. The van der Waals surface area contributed by atoms with Crippen LogP contribution < -0.4 is 0 Å². The molecule has 112 valence electrons. The van der Waals surface area contributed by atoms with Crippen molar-refractivity contribution < 1.29 is 9.53 Å². The lowest BCUT2D eigenvalue weighted by Crippen LogP contribution is -2.20. The molecule has 0 radical (unpaired) electrons. The first-order valence-electron chi connectivity index (χ1n) is 7.20. The Morgan fingerprint density at radius 1 is 1.05 bits per heavy atom. The highest BCUT2D eigenvalue weighted by Crippen LogP contribution is 2.34. The summed E-state index contributed by atoms with van der Waals surface area (Å²) in [5, 5.41) is 0. The molecule has 0 bridgehead atoms. The van der Waals surface area contributed by atoms with Gasteiger partial charge in [-0.3, -0.25) is 0 Å². The van der Waals surface area contributed by atoms with Gasteiger partial charge in [-0.25, -0.2) is 0 Å². The standard InChI is InChI=1S/C18H28O2/c1-17(2,3)14-10-13(8-9-19)15(12-20-7)16(11-14)18(4,5)6/h9-11H,8,12H2,1-7H3. The van der Waals surface area contributed by atoms with Crippen LogP contribution in [0.2, 0.25) is 0 Å². The Morgan fingerprint density at radius 2 is 1.65 bits per heavy atom. The molecule has 0 aromatic heterocycles. The highest BCUT2D eigenvalue weighted by Gasteiger charge is 2.24. The average Bonchev–Trinajstić information content (AvgIpc) is 2.28. The third-order valence-electron chi connectivity index (χ3n) is 3.61. The van der Waals surface area contributed by atoms with E-state index in [1.54, 1.807) is 7.11 Å². The van der Waals surface area contributed by atoms with Crippen LogP contribution >= 0.6 is 0 Å². The summed E-state index contributed by atoms with van der Waals surface area (Å²) in [6, 6.07) is 4.45. The predicted molar refractivity (Wildman–Crippen MR) is 84.3 cm³/mol. The van der Waals surface area contributed by atoms with E-state index in [4.69, 9.17) is 4.74 Å². The van der Waals surface area contributed by atoms with Crippen LogP contribution in [-0.4, -0.2) is 13.4 Å². The van der Waals surface area contributed by atoms with E-state index in [-0.39, 0.29) is 10.8 Å². The molecule has 0 heterocycles. The van der Waals surface area contributed by atoms with Crippen LogP contribution in [0, 0.1) is 0 Å². The number of aldehydes is 1. The number of methoxy groups -OCH3 is 1. The molecule has 0 aliphatic heterocycles. The molecule has 0 saturated heterocycles. The van der Waals surface area contributed by atoms with Gasteiger partial charge in [0.2, 0.25) is 0 Å². The Balaban J connectivity index is 3.59. The van der Waals surface area contributed by atoms with E-state index < -0.39 is 0 Å². The van der Waals surface area contributed by atoms with Crippen molar-refractivity contribution in [1.82, 2.24) is 0 Å². The molecule has 1 aromatic rings. The molecular weight excluding hydrogens is 248 g/mol. The molecular formula is C18H28O2. The maximum Gasteiger partial charge on any atom is 0.124 e. The van der Waals surface area contributed by atoms with Crippen LogP contribution in [0.5, 0.6) is 0 Å². The molecule has 1 aromatic carbocycles. The number of ether oxygens (including phenoxy) is 1. The molecule has 0 amide bonds. The molecule has 2 nitrogen and oxygen atoms in total. The maximum atomic E-state index is 11.0. The predicted octanol–water partition coefficient (Wildman–Crippen LogP) is 4.17. The Morgan fingerprint density at radius 3 is 2.05 bits per heavy atom. The molecule has 0 atom stereocenters. The molecule has 0 unspecified atom stereocenters. The first kappa shape index (κ1) is 16.9. The van der Waals surface area contributed by atoms with Gasteiger partial charge >= 0.3 is 0 Å². The summed E-state index contributed by atoms with van der Waals surface area (Å²) in [7, 11) is 1.70. The second-order valence-electron chi connectivity index (χ2n) is 7.47. The highest BCUT2D eigenvalue weighted by molar-refractivity contribution is 5.58. The zero-order chi connectivity index (χ0) is 15.6. The lowest BCUT2D eigenvalue weighted by Gasteiger charge is -2.29. The van der Waals surface area contributed by atoms with Gasteiger partial charge in [-0.1, -0.05) is 53.7 Å². The quantitative estimate of drug-likeness (QED) is 0.772. The smallest absolute Gasteiger partial charge is 0.124 e. The molecule has 0 N–H and O–H groups in total. The summed E-state index contributed by atoms with van der Waals surface area (Å²) in [5.74, 6) is 0. The third kappa shape index (κ3) is 3.92. The van der Waals surface area contributed by atoms with Gasteiger partial charge < -0.3 is 9.53 Å². The Labute approximate surface area is 123 Å². The van der Waals surface area contributed by atoms with Crippen molar-refractivity contribution in [2.24, 2.45) is 0 Å². The van der Waals surface area contributed by atoms with Gasteiger partial charge in [0.15, 0.2) is 0 Å². The van der Waals surface area contributed by atoms with Gasteiger partial charge in [0.1, 0.15) is 6.29 Å². The van der Waals surface area contributed by atoms with Crippen molar-refractivity contribution in [3.05, 3.63) is 34.4 Å². The largest absolute Gasteiger partial charge is 0.380 e. The molecule has 0 spiro atoms. The van der Waals surface area contributed by atoms with Gasteiger partial charge in [-0.05, 0) is 33.1 Å². The number of hydrogen-bond acceptors (Lipinski definition) is 2. The number of benzene rings is 1. The topological polar surface area (TPSA) is 26.3 Å². The molecule has 1 rings (SSSR count). The van der Waals surface area contributed by atoms with Crippen molar-refractivity contribution in [2.75, 3.05) is 7.11 Å². The van der Waals surface area contributed by atoms with Crippen LogP contribution in [-0.2, 0) is 33.4 Å². The summed E-state index contributed by atoms with van der Waals surface area (Å²) in [6.45, 7) is 13.8. The second kappa shape index (κ2) is 6.09. The first-order chi connectivity index (χ1) is 9.11. The van der Waals surface area contributed by atoms with Gasteiger partial charge in [0, 0.05) is 13.5 Å². The highest BCUT2D eigenvalue weighted by atomic mass is 16.5. The SMILES string of the molecule is COCc1c(CC=O)cc(C(C)(C)C)cc1C(C)(C)C. The molecule has 0 saturated carbocycles. The van der Waals surface area contributed by atoms with Crippen LogP contribution in [0.3, 0.4) is 0 Å². The van der Waals surface area contributed by atoms with Crippen LogP contribution in [0.25, 0.3) is 0 Å². The maximum absolute atomic E-state index is 11.0. The molecule has 0 aliphatic carbocycles. The van der Waals surface area contributed by atoms with Crippen LogP contribution in [0.1, 0.15) is 63.8 Å². The fourth-order valence-corrected chi connectivity index (χ4v) is 2.42. The van der Waals surface area contributed by atoms with Gasteiger partial charge in [-0.15, -0.1) is 0 Å². The normalized spacial score (nSPS) is 12.6. The summed E-state index contributed by atoms with van der Waals surface area (Å²) in [5.41, 5.74) is 4.93. The van der Waals surface area contributed by atoms with Gasteiger partial charge in [0.25, 0.3) is 0 Å². The van der Waals surface area contributed by atoms with Crippen LogP contribution in [0.15, 0.2) is 12.1 Å². The average molecular weight is 276 g/mol. The van der Waals surface area contributed by atoms with E-state index in [9.17, 15) is 4.79 Å². The number of carbonyl (C=O) groups excluding carboxylic acids is 1. The van der Waals surface area contributed by atoms with Crippen molar-refractivity contribution in [1.29, 1.82) is 0 Å². The molecule has 20 heavy (non-hydrogen) atoms. The van der Waals surface area contributed by atoms with Gasteiger partial charge in [-0.2, -0.15) is 0 Å². The number of carbonyl (C=O) groups is 1.